The molecule has 148 valence electrons. The number of esters is 1. The SMILES string of the molecule is CCOC(=O)C1(c2ccc(NC(=O)[C@@H]3CCCN(S(C)(=O)=O)C3)cc2)CC1. The first kappa shape index (κ1) is 19.8. The van der Waals surface area contributed by atoms with Crippen LogP contribution in [-0.2, 0) is 29.8 Å². The molecule has 0 radical (unpaired) electrons. The summed E-state index contributed by atoms with van der Waals surface area (Å²) >= 11 is 0. The van der Waals surface area contributed by atoms with Gasteiger partial charge >= 0.3 is 5.97 Å². The van der Waals surface area contributed by atoms with Gasteiger partial charge in [0.25, 0.3) is 0 Å². The Morgan fingerprint density at radius 2 is 1.93 bits per heavy atom. The van der Waals surface area contributed by atoms with Gasteiger partial charge in [-0.05, 0) is 50.3 Å². The van der Waals surface area contributed by atoms with E-state index in [1.54, 1.807) is 19.1 Å². The lowest BCUT2D eigenvalue weighted by atomic mass is 9.95. The van der Waals surface area contributed by atoms with Crippen molar-refractivity contribution in [1.29, 1.82) is 0 Å². The lowest BCUT2D eigenvalue weighted by Gasteiger charge is -2.30. The summed E-state index contributed by atoms with van der Waals surface area (Å²) in [6.07, 6.45) is 4.07. The lowest BCUT2D eigenvalue weighted by Crippen LogP contribution is -2.43. The van der Waals surface area contributed by atoms with Gasteiger partial charge in [-0.1, -0.05) is 12.1 Å². The Balaban J connectivity index is 1.63. The van der Waals surface area contributed by atoms with Crippen LogP contribution in [0.3, 0.4) is 0 Å². The molecule has 8 heteroatoms. The summed E-state index contributed by atoms with van der Waals surface area (Å²) in [5.41, 5.74) is 1.01. The maximum absolute atomic E-state index is 12.5. The molecule has 1 saturated heterocycles. The predicted octanol–water partition coefficient (Wildman–Crippen LogP) is 1.89. The Morgan fingerprint density at radius 3 is 2.48 bits per heavy atom. The smallest absolute Gasteiger partial charge is 0.316 e. The summed E-state index contributed by atoms with van der Waals surface area (Å²) in [7, 11) is -3.28. The molecule has 27 heavy (non-hydrogen) atoms. The zero-order chi connectivity index (χ0) is 19.7. The zero-order valence-corrected chi connectivity index (χ0v) is 16.5. The number of ether oxygens (including phenoxy) is 1. The van der Waals surface area contributed by atoms with E-state index in [9.17, 15) is 18.0 Å². The van der Waals surface area contributed by atoms with Gasteiger partial charge in [-0.25, -0.2) is 12.7 Å². The maximum Gasteiger partial charge on any atom is 0.316 e. The second-order valence-electron chi connectivity index (χ2n) is 7.33. The minimum absolute atomic E-state index is 0.178. The molecule has 1 aliphatic heterocycles. The van der Waals surface area contributed by atoms with Crippen LogP contribution in [0.5, 0.6) is 0 Å². The topological polar surface area (TPSA) is 92.8 Å². The van der Waals surface area contributed by atoms with Crippen molar-refractivity contribution in [1.82, 2.24) is 4.31 Å². The van der Waals surface area contributed by atoms with Crippen molar-refractivity contribution < 1.29 is 22.7 Å². The third kappa shape index (κ3) is 4.32. The van der Waals surface area contributed by atoms with E-state index in [4.69, 9.17) is 4.74 Å². The first-order chi connectivity index (χ1) is 12.8. The summed E-state index contributed by atoms with van der Waals surface area (Å²) in [6, 6.07) is 7.26. The largest absolute Gasteiger partial charge is 0.465 e. The minimum atomic E-state index is -3.28. The summed E-state index contributed by atoms with van der Waals surface area (Å²) in [6.45, 7) is 2.84. The highest BCUT2D eigenvalue weighted by Gasteiger charge is 2.52. The number of hydrogen-bond acceptors (Lipinski definition) is 5. The Bertz CT molecular complexity index is 815. The number of amides is 1. The van der Waals surface area contributed by atoms with E-state index in [1.165, 1.54) is 10.6 Å². The van der Waals surface area contributed by atoms with Crippen LogP contribution in [0.25, 0.3) is 0 Å². The van der Waals surface area contributed by atoms with Crippen LogP contribution < -0.4 is 5.32 Å². The zero-order valence-electron chi connectivity index (χ0n) is 15.7. The van der Waals surface area contributed by atoms with Crippen molar-refractivity contribution in [3.8, 4) is 0 Å². The molecule has 7 nitrogen and oxygen atoms in total. The molecule has 1 atom stereocenters. The van der Waals surface area contributed by atoms with Gasteiger partial charge < -0.3 is 10.1 Å². The van der Waals surface area contributed by atoms with Crippen molar-refractivity contribution in [2.45, 2.75) is 38.0 Å². The highest BCUT2D eigenvalue weighted by Crippen LogP contribution is 2.49. The van der Waals surface area contributed by atoms with Gasteiger partial charge in [-0.3, -0.25) is 9.59 Å². The van der Waals surface area contributed by atoms with Gasteiger partial charge in [0.05, 0.1) is 24.2 Å². The molecule has 3 rings (SSSR count). The number of rotatable bonds is 6. The van der Waals surface area contributed by atoms with E-state index in [0.29, 0.717) is 31.7 Å². The number of anilines is 1. The number of nitrogens with zero attached hydrogens (tertiary/aromatic N) is 1. The fraction of sp³-hybridized carbons (Fsp3) is 0.579. The quantitative estimate of drug-likeness (QED) is 0.744. The number of benzene rings is 1. The van der Waals surface area contributed by atoms with Gasteiger partial charge in [0.2, 0.25) is 15.9 Å². The highest BCUT2D eigenvalue weighted by molar-refractivity contribution is 7.88. The van der Waals surface area contributed by atoms with Crippen LogP contribution in [0.1, 0.15) is 38.2 Å². The maximum atomic E-state index is 12.5. The fourth-order valence-electron chi connectivity index (χ4n) is 3.58. The van der Waals surface area contributed by atoms with Crippen LogP contribution in [0.15, 0.2) is 24.3 Å². The van der Waals surface area contributed by atoms with Crippen molar-refractivity contribution in [3.05, 3.63) is 29.8 Å². The van der Waals surface area contributed by atoms with Crippen LogP contribution in [0, 0.1) is 5.92 Å². The summed E-state index contributed by atoms with van der Waals surface area (Å²) in [5.74, 6) is -0.727. The van der Waals surface area contributed by atoms with Gasteiger partial charge in [-0.15, -0.1) is 0 Å². The Hall–Kier alpha value is -1.93. The fourth-order valence-corrected chi connectivity index (χ4v) is 4.49. The Morgan fingerprint density at radius 1 is 1.26 bits per heavy atom. The van der Waals surface area contributed by atoms with Crippen LogP contribution >= 0.6 is 0 Å². The first-order valence-corrected chi connectivity index (χ1v) is 11.1. The van der Waals surface area contributed by atoms with Crippen molar-refractivity contribution in [2.24, 2.45) is 5.92 Å². The second kappa shape index (κ2) is 7.59. The average Bonchev–Trinajstić information content (AvgIpc) is 3.44. The van der Waals surface area contributed by atoms with Gasteiger partial charge in [0, 0.05) is 18.8 Å². The monoisotopic (exact) mass is 394 g/mol. The van der Waals surface area contributed by atoms with Gasteiger partial charge in [0.1, 0.15) is 0 Å². The number of carbonyl (C=O) groups is 2. The molecule has 1 aliphatic carbocycles. The molecule has 1 heterocycles. The molecule has 0 bridgehead atoms. The van der Waals surface area contributed by atoms with Crippen LogP contribution in [0.4, 0.5) is 5.69 Å². The molecular weight excluding hydrogens is 368 g/mol. The van der Waals surface area contributed by atoms with E-state index in [2.05, 4.69) is 5.32 Å². The minimum Gasteiger partial charge on any atom is -0.465 e. The molecule has 1 saturated carbocycles. The van der Waals surface area contributed by atoms with E-state index < -0.39 is 15.4 Å². The molecular formula is C19H26N2O5S. The van der Waals surface area contributed by atoms with Crippen molar-refractivity contribution in [2.75, 3.05) is 31.3 Å². The van der Waals surface area contributed by atoms with E-state index in [0.717, 1.165) is 18.4 Å². The third-order valence-corrected chi connectivity index (χ3v) is 6.61. The third-order valence-electron chi connectivity index (χ3n) is 5.35. The Labute approximate surface area is 160 Å². The summed E-state index contributed by atoms with van der Waals surface area (Å²) in [4.78, 5) is 24.7. The normalized spacial score (nSPS) is 22.1. The highest BCUT2D eigenvalue weighted by atomic mass is 32.2. The molecule has 1 amide bonds. The Kier molecular flexibility index (Phi) is 5.58. The first-order valence-electron chi connectivity index (χ1n) is 9.30. The number of piperidine rings is 1. The summed E-state index contributed by atoms with van der Waals surface area (Å²) < 4.78 is 30.0. The number of nitrogens with one attached hydrogen (secondary N) is 1. The van der Waals surface area contributed by atoms with Gasteiger partial charge in [0.15, 0.2) is 0 Å². The molecule has 0 spiro atoms. The van der Waals surface area contributed by atoms with E-state index in [-0.39, 0.29) is 24.3 Å². The number of hydrogen-bond donors (Lipinski definition) is 1. The van der Waals surface area contributed by atoms with Crippen LogP contribution in [-0.4, -0.2) is 50.6 Å². The molecule has 1 aromatic carbocycles. The standard InChI is InChI=1S/C19H26N2O5S/c1-3-26-18(23)19(10-11-19)15-6-8-16(9-7-15)20-17(22)14-5-4-12-21(13-14)27(2,24)25/h6-9,14H,3-5,10-13H2,1-2H3,(H,20,22)/t14-/m1/s1. The molecule has 2 aliphatic rings. The second-order valence-corrected chi connectivity index (χ2v) is 9.31. The van der Waals surface area contributed by atoms with Gasteiger partial charge in [-0.2, -0.15) is 0 Å². The van der Waals surface area contributed by atoms with Crippen LogP contribution in [0.2, 0.25) is 0 Å². The molecule has 2 fully saturated rings. The predicted molar refractivity (Wildman–Crippen MR) is 102 cm³/mol. The number of sulfonamides is 1. The van der Waals surface area contributed by atoms with Crippen molar-refractivity contribution in [3.63, 3.8) is 0 Å². The summed E-state index contributed by atoms with van der Waals surface area (Å²) in [5, 5.41) is 2.86. The van der Waals surface area contributed by atoms with E-state index in [1.807, 2.05) is 12.1 Å². The molecule has 0 unspecified atom stereocenters. The number of carbonyl (C=O) groups excluding carboxylic acids is 2. The van der Waals surface area contributed by atoms with E-state index >= 15 is 0 Å². The van der Waals surface area contributed by atoms with Crippen molar-refractivity contribution >= 4 is 27.6 Å². The molecule has 1 N–H and O–H groups in total. The molecule has 0 aromatic heterocycles. The molecule has 1 aromatic rings. The lowest BCUT2D eigenvalue weighted by molar-refractivity contribution is -0.146. The average molecular weight is 394 g/mol.